The van der Waals surface area contributed by atoms with Gasteiger partial charge in [-0.15, -0.1) is 0 Å². The minimum atomic E-state index is -4.72. The van der Waals surface area contributed by atoms with Gasteiger partial charge >= 0.3 is 6.18 Å². The van der Waals surface area contributed by atoms with Gasteiger partial charge in [0.25, 0.3) is 5.91 Å². The van der Waals surface area contributed by atoms with Crippen molar-refractivity contribution in [2.75, 3.05) is 36.9 Å². The molecule has 3 aliphatic rings. The summed E-state index contributed by atoms with van der Waals surface area (Å²) in [5.41, 5.74) is -0.471. The molecule has 1 amide bonds. The fourth-order valence-corrected chi connectivity index (χ4v) is 6.40. The van der Waals surface area contributed by atoms with Crippen molar-refractivity contribution in [2.45, 2.75) is 76.8 Å². The van der Waals surface area contributed by atoms with E-state index in [4.69, 9.17) is 0 Å². The minimum Gasteiger partial charge on any atom is -0.387 e. The van der Waals surface area contributed by atoms with E-state index in [-0.39, 0.29) is 35.4 Å². The van der Waals surface area contributed by atoms with Crippen molar-refractivity contribution in [1.82, 2.24) is 15.5 Å². The van der Waals surface area contributed by atoms with Gasteiger partial charge in [0.2, 0.25) is 0 Å². The number of alkyl halides is 3. The van der Waals surface area contributed by atoms with Crippen molar-refractivity contribution in [3.63, 3.8) is 0 Å². The Morgan fingerprint density at radius 2 is 1.66 bits per heavy atom. The number of anilines is 2. The third-order valence-corrected chi connectivity index (χ3v) is 9.05. The predicted octanol–water partition coefficient (Wildman–Crippen LogP) is 6.50. The summed E-state index contributed by atoms with van der Waals surface area (Å²) in [5.74, 6) is -2.47. The van der Waals surface area contributed by atoms with Crippen molar-refractivity contribution in [1.29, 1.82) is 0 Å². The Kier molecular flexibility index (Phi) is 9.65. The first-order chi connectivity index (χ1) is 20.9. The molecule has 0 bridgehead atoms. The number of amides is 1. The highest BCUT2D eigenvalue weighted by molar-refractivity contribution is 6.09. The molecule has 0 radical (unpaired) electrons. The molecule has 2 aliphatic heterocycles. The van der Waals surface area contributed by atoms with Crippen molar-refractivity contribution in [3.05, 3.63) is 71.0 Å². The summed E-state index contributed by atoms with van der Waals surface area (Å²) in [6.45, 7) is 5.58. The Balaban J connectivity index is 1.47. The molecular weight excluding hydrogens is 577 g/mol. The third-order valence-electron chi connectivity index (χ3n) is 9.05. The van der Waals surface area contributed by atoms with E-state index >= 15 is 8.78 Å². The largest absolute Gasteiger partial charge is 0.416 e. The predicted molar refractivity (Wildman–Crippen MR) is 163 cm³/mol. The Bertz CT molecular complexity index is 1400. The Morgan fingerprint density at radius 3 is 2.30 bits per heavy atom. The number of halogens is 5. The Labute approximate surface area is 255 Å². The first-order valence-electron chi connectivity index (χ1n) is 15.3. The monoisotopic (exact) mass is 617 g/mol. The topological polar surface area (TPSA) is 59.6 Å². The highest BCUT2D eigenvalue weighted by Gasteiger charge is 2.39. The zero-order valence-corrected chi connectivity index (χ0v) is 25.3. The van der Waals surface area contributed by atoms with E-state index in [1.165, 1.54) is 24.6 Å². The van der Waals surface area contributed by atoms with Crippen molar-refractivity contribution in [2.24, 2.45) is 0 Å². The van der Waals surface area contributed by atoms with E-state index in [1.54, 1.807) is 12.1 Å². The number of rotatable bonds is 7. The van der Waals surface area contributed by atoms with Crippen LogP contribution >= 0.6 is 0 Å². The van der Waals surface area contributed by atoms with Gasteiger partial charge in [-0.3, -0.25) is 9.69 Å². The fraction of sp³-hybridized carbons (Fsp3) is 0.485. The van der Waals surface area contributed by atoms with Gasteiger partial charge < -0.3 is 20.9 Å². The van der Waals surface area contributed by atoms with Gasteiger partial charge in [0, 0.05) is 50.5 Å². The molecule has 2 atom stereocenters. The Morgan fingerprint density at radius 1 is 1.00 bits per heavy atom. The van der Waals surface area contributed by atoms with Crippen LogP contribution < -0.4 is 20.9 Å². The van der Waals surface area contributed by atoms with Gasteiger partial charge in [-0.05, 0) is 69.1 Å². The van der Waals surface area contributed by atoms with Crippen molar-refractivity contribution in [3.8, 4) is 11.1 Å². The van der Waals surface area contributed by atoms with Crippen LogP contribution in [0.25, 0.3) is 11.1 Å². The molecule has 1 saturated carbocycles. The molecule has 238 valence electrons. The van der Waals surface area contributed by atoms with Gasteiger partial charge in [-0.2, -0.15) is 13.2 Å². The maximum Gasteiger partial charge on any atom is 0.416 e. The van der Waals surface area contributed by atoms with Gasteiger partial charge in [-0.25, -0.2) is 8.78 Å². The molecule has 0 spiro atoms. The number of likely N-dealkylation sites (N-methyl/N-ethyl adjacent to an activating group) is 1. The maximum absolute atomic E-state index is 15.5. The van der Waals surface area contributed by atoms with E-state index in [2.05, 4.69) is 34.7 Å². The quantitative estimate of drug-likeness (QED) is 0.310. The molecular formula is C33H40F5N5O. The molecule has 2 aromatic carbocycles. The van der Waals surface area contributed by atoms with E-state index in [9.17, 15) is 18.0 Å². The van der Waals surface area contributed by atoms with E-state index in [0.29, 0.717) is 36.9 Å². The number of hydrogen-bond acceptors (Lipinski definition) is 5. The maximum atomic E-state index is 15.5. The highest BCUT2D eigenvalue weighted by Crippen LogP contribution is 2.38. The summed E-state index contributed by atoms with van der Waals surface area (Å²) in [6.07, 6.45) is 2.82. The summed E-state index contributed by atoms with van der Waals surface area (Å²) >= 11 is 0. The van der Waals surface area contributed by atoms with Crippen LogP contribution in [0.15, 0.2) is 53.8 Å². The lowest BCUT2D eigenvalue weighted by atomic mass is 9.95. The number of hydrogen-bond donors (Lipinski definition) is 3. The van der Waals surface area contributed by atoms with Crippen LogP contribution in [0.5, 0.6) is 0 Å². The van der Waals surface area contributed by atoms with E-state index in [1.807, 2.05) is 11.9 Å². The summed E-state index contributed by atoms with van der Waals surface area (Å²) in [6, 6.07) is 7.94. The van der Waals surface area contributed by atoms with Crippen LogP contribution in [0.3, 0.4) is 0 Å². The van der Waals surface area contributed by atoms with E-state index < -0.39 is 34.9 Å². The Hall–Kier alpha value is -3.44. The first kappa shape index (κ1) is 32.0. The number of piperazine rings is 1. The molecule has 0 unspecified atom stereocenters. The van der Waals surface area contributed by atoms with Crippen LogP contribution in [-0.4, -0.2) is 61.8 Å². The number of carbonyl (C=O) groups excluding carboxylic acids is 1. The molecule has 2 aromatic rings. The van der Waals surface area contributed by atoms with Gasteiger partial charge in [0.1, 0.15) is 11.6 Å². The molecule has 6 nitrogen and oxygen atoms in total. The number of dihydropyridines is 1. The lowest BCUT2D eigenvalue weighted by molar-refractivity contribution is -0.115. The molecule has 44 heavy (non-hydrogen) atoms. The first-order valence-corrected chi connectivity index (χ1v) is 15.3. The normalized spacial score (nSPS) is 21.9. The smallest absolute Gasteiger partial charge is 0.387 e. The molecule has 1 aliphatic carbocycles. The van der Waals surface area contributed by atoms with Crippen LogP contribution in [0.2, 0.25) is 0 Å². The number of carbonyl (C=O) groups is 1. The van der Waals surface area contributed by atoms with Gasteiger partial charge in [-0.1, -0.05) is 31.4 Å². The summed E-state index contributed by atoms with van der Waals surface area (Å²) in [4.78, 5) is 17.6. The van der Waals surface area contributed by atoms with E-state index in [0.717, 1.165) is 38.0 Å². The minimum absolute atomic E-state index is 0.0614. The summed E-state index contributed by atoms with van der Waals surface area (Å²) in [5, 5.41) is 8.70. The summed E-state index contributed by atoms with van der Waals surface area (Å²) in [7, 11) is 2.02. The molecule has 2 fully saturated rings. The number of nitrogens with zero attached hydrogens (tertiary/aromatic N) is 2. The second-order valence-corrected chi connectivity index (χ2v) is 12.2. The lowest BCUT2D eigenvalue weighted by Crippen LogP contribution is -2.55. The average Bonchev–Trinajstić information content (AvgIpc) is 2.98. The molecule has 1 saturated heterocycles. The van der Waals surface area contributed by atoms with Crippen LogP contribution in [0.4, 0.5) is 33.3 Å². The van der Waals surface area contributed by atoms with Crippen LogP contribution in [0, 0.1) is 11.6 Å². The molecule has 11 heteroatoms. The average molecular weight is 618 g/mol. The van der Waals surface area contributed by atoms with Gasteiger partial charge in [0.15, 0.2) is 0 Å². The standard InChI is InChI=1S/C33H40F5N5O/c1-20-18-43(19-21(2)42(20)3)30-10-9-23(15-29(30)41-32(44)25-17-39-12-11-26(25)33(36,37)38)31-27(34)13-22(14-28(31)35)16-40-24-7-5-4-6-8-24/h9-11,13-15,17,20-21,24,39-40H,4-8,12,16,18-19H2,1-3H3,(H,41,44)/t20-,21+. The van der Waals surface area contributed by atoms with Gasteiger partial charge in [0.05, 0.1) is 28.1 Å². The second-order valence-electron chi connectivity index (χ2n) is 12.2. The molecule has 2 heterocycles. The molecule has 3 N–H and O–H groups in total. The number of benzene rings is 2. The second kappa shape index (κ2) is 13.3. The fourth-order valence-electron chi connectivity index (χ4n) is 6.40. The lowest BCUT2D eigenvalue weighted by Gasteiger charge is -2.44. The zero-order chi connectivity index (χ0) is 31.6. The highest BCUT2D eigenvalue weighted by atomic mass is 19.4. The molecule has 0 aromatic heterocycles. The number of nitrogens with one attached hydrogen (secondary N) is 3. The summed E-state index contributed by atoms with van der Waals surface area (Å²) < 4.78 is 72.2. The zero-order valence-electron chi connectivity index (χ0n) is 25.3. The van der Waals surface area contributed by atoms with Crippen LogP contribution in [0.1, 0.15) is 51.5 Å². The SMILES string of the molecule is C[C@@H]1CN(c2ccc(-c3c(F)cc(CNC4CCCCC4)cc3F)cc2NC(=O)C2=CNCC=C2C(F)(F)F)C[C@H](C)N1C. The van der Waals surface area contributed by atoms with Crippen molar-refractivity contribution >= 4 is 17.3 Å². The van der Waals surface area contributed by atoms with Crippen LogP contribution in [-0.2, 0) is 11.3 Å². The third kappa shape index (κ3) is 7.10. The molecule has 5 rings (SSSR count). The van der Waals surface area contributed by atoms with Crippen molar-refractivity contribution < 1.29 is 26.7 Å².